The van der Waals surface area contributed by atoms with E-state index in [0.717, 1.165) is 0 Å². The smallest absolute Gasteiger partial charge is 0.278 e. The molecule has 0 radical (unpaired) electrons. The number of hydrogen-bond donors (Lipinski definition) is 1. The minimum atomic E-state index is -0.440. The van der Waals surface area contributed by atoms with Crippen LogP contribution in [0.25, 0.3) is 0 Å². The molecule has 17 heavy (non-hydrogen) atoms. The third kappa shape index (κ3) is 3.25. The van der Waals surface area contributed by atoms with E-state index in [2.05, 4.69) is 5.48 Å². The molecule has 0 aliphatic rings. The van der Waals surface area contributed by atoms with Crippen molar-refractivity contribution < 1.29 is 19.1 Å². The lowest BCUT2D eigenvalue weighted by atomic mass is 10.2. The molecule has 0 bridgehead atoms. The molecular formula is C11H14ClNO4. The summed E-state index contributed by atoms with van der Waals surface area (Å²) in [6.45, 7) is 2.13. The lowest BCUT2D eigenvalue weighted by molar-refractivity contribution is 0.0362. The first-order valence-corrected chi connectivity index (χ1v) is 5.35. The molecule has 5 nitrogen and oxygen atoms in total. The number of hydrogen-bond acceptors (Lipinski definition) is 4. The zero-order valence-electron chi connectivity index (χ0n) is 9.87. The van der Waals surface area contributed by atoms with Gasteiger partial charge in [-0.1, -0.05) is 11.6 Å². The number of benzene rings is 1. The van der Waals surface area contributed by atoms with Crippen LogP contribution in [0.5, 0.6) is 11.5 Å². The van der Waals surface area contributed by atoms with Crippen molar-refractivity contribution >= 4 is 17.5 Å². The monoisotopic (exact) mass is 259 g/mol. The maximum Gasteiger partial charge on any atom is 0.278 e. The Bertz CT molecular complexity index is 409. The van der Waals surface area contributed by atoms with Gasteiger partial charge in [-0.15, -0.1) is 0 Å². The maximum absolute atomic E-state index is 11.8. The molecule has 1 rings (SSSR count). The lowest BCUT2D eigenvalue weighted by Gasteiger charge is -2.12. The van der Waals surface area contributed by atoms with Gasteiger partial charge in [-0.3, -0.25) is 9.63 Å². The molecule has 1 amide bonds. The molecule has 0 fully saturated rings. The van der Waals surface area contributed by atoms with Crippen LogP contribution in [0.2, 0.25) is 5.02 Å². The van der Waals surface area contributed by atoms with Crippen molar-refractivity contribution in [2.45, 2.75) is 6.92 Å². The Labute approximate surface area is 105 Å². The van der Waals surface area contributed by atoms with Gasteiger partial charge < -0.3 is 9.47 Å². The Kier molecular flexibility index (Phi) is 5.06. The molecule has 1 aromatic rings. The average Bonchev–Trinajstić information content (AvgIpc) is 2.34. The quantitative estimate of drug-likeness (QED) is 0.822. The van der Waals surface area contributed by atoms with Gasteiger partial charge in [0.1, 0.15) is 5.75 Å². The van der Waals surface area contributed by atoms with Crippen LogP contribution < -0.4 is 15.0 Å². The highest BCUT2D eigenvalue weighted by Gasteiger charge is 2.17. The maximum atomic E-state index is 11.8. The van der Waals surface area contributed by atoms with Crippen molar-refractivity contribution in [3.63, 3.8) is 0 Å². The van der Waals surface area contributed by atoms with Gasteiger partial charge in [-0.05, 0) is 13.0 Å². The summed E-state index contributed by atoms with van der Waals surface area (Å²) < 4.78 is 10.1. The van der Waals surface area contributed by atoms with Crippen molar-refractivity contribution in [1.29, 1.82) is 0 Å². The molecule has 94 valence electrons. The Morgan fingerprint density at radius 2 is 2.06 bits per heavy atom. The summed E-state index contributed by atoms with van der Waals surface area (Å²) in [5, 5.41) is 0.300. The number of rotatable bonds is 5. The standard InChI is InChI=1S/C11H14ClNO4/c1-4-17-13-11(14)8-5-7(15-2)6-9(12)10(8)16-3/h5-6H,4H2,1-3H3,(H,13,14). The summed E-state index contributed by atoms with van der Waals surface area (Å²) in [7, 11) is 2.92. The van der Waals surface area contributed by atoms with Crippen LogP contribution in [0.15, 0.2) is 12.1 Å². The van der Waals surface area contributed by atoms with Crippen LogP contribution in [0.4, 0.5) is 0 Å². The number of hydroxylamine groups is 1. The molecule has 0 aliphatic heterocycles. The first-order chi connectivity index (χ1) is 8.13. The van der Waals surface area contributed by atoms with E-state index in [4.69, 9.17) is 25.9 Å². The summed E-state index contributed by atoms with van der Waals surface area (Å²) in [5.74, 6) is 0.312. The molecular weight excluding hydrogens is 246 g/mol. The van der Waals surface area contributed by atoms with Crippen molar-refractivity contribution in [2.24, 2.45) is 0 Å². The largest absolute Gasteiger partial charge is 0.497 e. The van der Waals surface area contributed by atoms with Crippen LogP contribution in [-0.4, -0.2) is 26.7 Å². The summed E-state index contributed by atoms with van der Waals surface area (Å²) in [6.07, 6.45) is 0. The van der Waals surface area contributed by atoms with E-state index in [1.165, 1.54) is 20.3 Å². The summed E-state index contributed by atoms with van der Waals surface area (Å²) in [4.78, 5) is 16.6. The van der Waals surface area contributed by atoms with Gasteiger partial charge >= 0.3 is 0 Å². The first kappa shape index (κ1) is 13.6. The molecule has 0 saturated heterocycles. The topological polar surface area (TPSA) is 56.8 Å². The van der Waals surface area contributed by atoms with Crippen molar-refractivity contribution in [3.05, 3.63) is 22.7 Å². The number of nitrogens with one attached hydrogen (secondary N) is 1. The van der Waals surface area contributed by atoms with Gasteiger partial charge in [0.25, 0.3) is 5.91 Å². The van der Waals surface area contributed by atoms with Gasteiger partial charge in [-0.2, -0.15) is 0 Å². The highest BCUT2D eigenvalue weighted by Crippen LogP contribution is 2.33. The van der Waals surface area contributed by atoms with E-state index >= 15 is 0 Å². The second-order valence-electron chi connectivity index (χ2n) is 3.05. The van der Waals surface area contributed by atoms with E-state index < -0.39 is 5.91 Å². The van der Waals surface area contributed by atoms with Gasteiger partial charge in [0, 0.05) is 6.07 Å². The zero-order valence-corrected chi connectivity index (χ0v) is 10.6. The molecule has 0 aliphatic carbocycles. The molecule has 1 N–H and O–H groups in total. The molecule has 0 heterocycles. The van der Waals surface area contributed by atoms with E-state index in [1.54, 1.807) is 13.0 Å². The predicted molar refractivity (Wildman–Crippen MR) is 63.6 cm³/mol. The predicted octanol–water partition coefficient (Wildman–Crippen LogP) is 2.04. The number of ether oxygens (including phenoxy) is 2. The van der Waals surface area contributed by atoms with E-state index in [1.807, 2.05) is 0 Å². The first-order valence-electron chi connectivity index (χ1n) is 4.97. The minimum absolute atomic E-state index is 0.255. The van der Waals surface area contributed by atoms with Crippen LogP contribution in [0.1, 0.15) is 17.3 Å². The summed E-state index contributed by atoms with van der Waals surface area (Å²) in [5.41, 5.74) is 2.52. The van der Waals surface area contributed by atoms with Crippen molar-refractivity contribution in [3.8, 4) is 11.5 Å². The third-order valence-corrected chi connectivity index (χ3v) is 2.29. The Balaban J connectivity index is 3.10. The SMILES string of the molecule is CCONC(=O)c1cc(OC)cc(Cl)c1OC. The van der Waals surface area contributed by atoms with E-state index in [-0.39, 0.29) is 11.3 Å². The fourth-order valence-corrected chi connectivity index (χ4v) is 1.54. The van der Waals surface area contributed by atoms with Gasteiger partial charge in [-0.25, -0.2) is 5.48 Å². The van der Waals surface area contributed by atoms with Crippen molar-refractivity contribution in [2.75, 3.05) is 20.8 Å². The molecule has 6 heteroatoms. The van der Waals surface area contributed by atoms with Crippen LogP contribution in [-0.2, 0) is 4.84 Å². The van der Waals surface area contributed by atoms with Gasteiger partial charge in [0.15, 0.2) is 5.75 Å². The fourth-order valence-electron chi connectivity index (χ4n) is 1.26. The van der Waals surface area contributed by atoms with Crippen LogP contribution in [0, 0.1) is 0 Å². The normalized spacial score (nSPS) is 9.88. The molecule has 1 aromatic carbocycles. The van der Waals surface area contributed by atoms with Crippen LogP contribution in [0.3, 0.4) is 0 Å². The number of halogens is 1. The van der Waals surface area contributed by atoms with E-state index in [9.17, 15) is 4.79 Å². The second-order valence-corrected chi connectivity index (χ2v) is 3.46. The highest BCUT2D eigenvalue weighted by molar-refractivity contribution is 6.32. The number of methoxy groups -OCH3 is 2. The number of carbonyl (C=O) groups excluding carboxylic acids is 1. The molecule has 0 unspecified atom stereocenters. The number of amides is 1. The van der Waals surface area contributed by atoms with Gasteiger partial charge in [0.2, 0.25) is 0 Å². The fraction of sp³-hybridized carbons (Fsp3) is 0.364. The lowest BCUT2D eigenvalue weighted by Crippen LogP contribution is -2.24. The van der Waals surface area contributed by atoms with Crippen molar-refractivity contribution in [1.82, 2.24) is 5.48 Å². The molecule has 0 atom stereocenters. The average molecular weight is 260 g/mol. The molecule has 0 saturated carbocycles. The summed E-state index contributed by atoms with van der Waals surface area (Å²) >= 11 is 5.97. The third-order valence-electron chi connectivity index (χ3n) is 2.01. The number of carbonyl (C=O) groups is 1. The van der Waals surface area contributed by atoms with Gasteiger partial charge in [0.05, 0.1) is 31.4 Å². The Morgan fingerprint density at radius 3 is 2.59 bits per heavy atom. The Morgan fingerprint density at radius 1 is 1.35 bits per heavy atom. The van der Waals surface area contributed by atoms with Crippen LogP contribution >= 0.6 is 11.6 Å². The Hall–Kier alpha value is -1.46. The van der Waals surface area contributed by atoms with E-state index in [0.29, 0.717) is 17.4 Å². The summed E-state index contributed by atoms with van der Waals surface area (Å²) in [6, 6.07) is 3.09. The highest BCUT2D eigenvalue weighted by atomic mass is 35.5. The molecule has 0 aromatic heterocycles. The second kappa shape index (κ2) is 6.32. The minimum Gasteiger partial charge on any atom is -0.497 e. The molecule has 0 spiro atoms. The zero-order chi connectivity index (χ0) is 12.8.